The summed E-state index contributed by atoms with van der Waals surface area (Å²) < 4.78 is 10.0. The average Bonchev–Trinajstić information content (AvgIpc) is 2.27. The SMILES string of the molecule is COc1cccc2c1C(=O)OC(C)(C(=O)O)C2. The van der Waals surface area contributed by atoms with Crippen LogP contribution in [0.25, 0.3) is 0 Å². The van der Waals surface area contributed by atoms with E-state index in [2.05, 4.69) is 0 Å². The molecule has 17 heavy (non-hydrogen) atoms. The Morgan fingerprint density at radius 3 is 2.82 bits per heavy atom. The Labute approximate surface area is 98.0 Å². The largest absolute Gasteiger partial charge is 0.496 e. The van der Waals surface area contributed by atoms with Crippen molar-refractivity contribution in [3.8, 4) is 5.75 Å². The first-order valence-corrected chi connectivity index (χ1v) is 5.10. The van der Waals surface area contributed by atoms with Gasteiger partial charge >= 0.3 is 11.9 Å². The highest BCUT2D eigenvalue weighted by atomic mass is 16.6. The number of carboxylic acids is 1. The Bertz CT molecular complexity index is 494. The molecule has 0 spiro atoms. The maximum atomic E-state index is 11.8. The molecule has 1 aliphatic heterocycles. The number of hydrogen-bond donors (Lipinski definition) is 1. The molecule has 5 heteroatoms. The van der Waals surface area contributed by atoms with E-state index in [1.807, 2.05) is 0 Å². The lowest BCUT2D eigenvalue weighted by atomic mass is 9.89. The molecule has 1 aliphatic rings. The van der Waals surface area contributed by atoms with Crippen LogP contribution in [0.4, 0.5) is 0 Å². The van der Waals surface area contributed by atoms with Gasteiger partial charge < -0.3 is 14.6 Å². The van der Waals surface area contributed by atoms with Crippen LogP contribution in [0, 0.1) is 0 Å². The molecule has 1 N–H and O–H groups in total. The minimum atomic E-state index is -1.50. The molecule has 0 fully saturated rings. The minimum absolute atomic E-state index is 0.139. The highest BCUT2D eigenvalue weighted by Gasteiger charge is 2.43. The zero-order valence-electron chi connectivity index (χ0n) is 9.52. The number of aliphatic carboxylic acids is 1. The number of esters is 1. The van der Waals surface area contributed by atoms with Crippen molar-refractivity contribution in [1.29, 1.82) is 0 Å². The Morgan fingerprint density at radius 1 is 1.53 bits per heavy atom. The van der Waals surface area contributed by atoms with Crippen LogP contribution in [0.1, 0.15) is 22.8 Å². The Hall–Kier alpha value is -2.04. The van der Waals surface area contributed by atoms with E-state index in [-0.39, 0.29) is 6.42 Å². The van der Waals surface area contributed by atoms with Crippen LogP contribution in [0.15, 0.2) is 18.2 Å². The molecule has 1 atom stereocenters. The molecule has 90 valence electrons. The topological polar surface area (TPSA) is 72.8 Å². The van der Waals surface area contributed by atoms with Crippen molar-refractivity contribution >= 4 is 11.9 Å². The number of cyclic esters (lactones) is 1. The van der Waals surface area contributed by atoms with Crippen LogP contribution in [-0.2, 0) is 16.0 Å². The quantitative estimate of drug-likeness (QED) is 0.782. The molecular weight excluding hydrogens is 224 g/mol. The van der Waals surface area contributed by atoms with E-state index in [1.165, 1.54) is 14.0 Å². The highest BCUT2D eigenvalue weighted by molar-refractivity contribution is 5.98. The third-order valence-electron chi connectivity index (χ3n) is 2.83. The number of fused-ring (bicyclic) bond motifs is 1. The van der Waals surface area contributed by atoms with Gasteiger partial charge in [-0.15, -0.1) is 0 Å². The van der Waals surface area contributed by atoms with Gasteiger partial charge in [-0.25, -0.2) is 9.59 Å². The second kappa shape index (κ2) is 3.76. The maximum Gasteiger partial charge on any atom is 0.348 e. The van der Waals surface area contributed by atoms with E-state index in [0.29, 0.717) is 16.9 Å². The summed E-state index contributed by atoms with van der Waals surface area (Å²) in [5.41, 5.74) is -0.560. The van der Waals surface area contributed by atoms with Gasteiger partial charge in [0, 0.05) is 6.42 Å². The van der Waals surface area contributed by atoms with Crippen LogP contribution in [-0.4, -0.2) is 29.8 Å². The lowest BCUT2D eigenvalue weighted by Gasteiger charge is -2.31. The summed E-state index contributed by atoms with van der Waals surface area (Å²) in [6.45, 7) is 1.38. The zero-order chi connectivity index (χ0) is 12.6. The average molecular weight is 236 g/mol. The van der Waals surface area contributed by atoms with E-state index >= 15 is 0 Å². The number of carbonyl (C=O) groups is 2. The first-order chi connectivity index (χ1) is 7.98. The van der Waals surface area contributed by atoms with E-state index in [1.54, 1.807) is 18.2 Å². The Morgan fingerprint density at radius 2 is 2.24 bits per heavy atom. The molecule has 0 saturated carbocycles. The molecule has 1 aromatic carbocycles. The normalized spacial score (nSPS) is 22.6. The van der Waals surface area contributed by atoms with Crippen molar-refractivity contribution in [3.63, 3.8) is 0 Å². The third kappa shape index (κ3) is 1.73. The van der Waals surface area contributed by atoms with Gasteiger partial charge in [-0.1, -0.05) is 12.1 Å². The summed E-state index contributed by atoms with van der Waals surface area (Å²) in [5, 5.41) is 9.06. The fourth-order valence-electron chi connectivity index (χ4n) is 1.90. The van der Waals surface area contributed by atoms with Gasteiger partial charge in [-0.2, -0.15) is 0 Å². The fraction of sp³-hybridized carbons (Fsp3) is 0.333. The van der Waals surface area contributed by atoms with Gasteiger partial charge in [0.25, 0.3) is 0 Å². The fourth-order valence-corrected chi connectivity index (χ4v) is 1.90. The van der Waals surface area contributed by atoms with Crippen molar-refractivity contribution in [2.45, 2.75) is 18.9 Å². The first-order valence-electron chi connectivity index (χ1n) is 5.10. The highest BCUT2D eigenvalue weighted by Crippen LogP contribution is 2.33. The van der Waals surface area contributed by atoms with Crippen LogP contribution in [0.5, 0.6) is 5.75 Å². The summed E-state index contributed by atoms with van der Waals surface area (Å²) in [7, 11) is 1.45. The number of benzene rings is 1. The van der Waals surface area contributed by atoms with Crippen molar-refractivity contribution in [1.82, 2.24) is 0 Å². The number of rotatable bonds is 2. The Balaban J connectivity index is 2.52. The molecule has 1 unspecified atom stereocenters. The monoisotopic (exact) mass is 236 g/mol. The van der Waals surface area contributed by atoms with Crippen molar-refractivity contribution in [3.05, 3.63) is 29.3 Å². The van der Waals surface area contributed by atoms with Crippen LogP contribution in [0.2, 0.25) is 0 Å². The summed E-state index contributed by atoms with van der Waals surface area (Å²) in [6, 6.07) is 5.07. The zero-order valence-corrected chi connectivity index (χ0v) is 9.52. The van der Waals surface area contributed by atoms with E-state index in [9.17, 15) is 9.59 Å². The first kappa shape index (κ1) is 11.4. The second-order valence-electron chi connectivity index (χ2n) is 4.10. The van der Waals surface area contributed by atoms with Crippen LogP contribution < -0.4 is 4.74 Å². The number of ether oxygens (including phenoxy) is 2. The number of hydrogen-bond acceptors (Lipinski definition) is 4. The predicted octanol–water partition coefficient (Wildman–Crippen LogP) is 1.25. The molecule has 5 nitrogen and oxygen atoms in total. The molecule has 0 bridgehead atoms. The molecule has 1 heterocycles. The lowest BCUT2D eigenvalue weighted by molar-refractivity contribution is -0.158. The molecular formula is C12H12O5. The molecule has 2 rings (SSSR count). The number of methoxy groups -OCH3 is 1. The van der Waals surface area contributed by atoms with Crippen molar-refractivity contribution < 1.29 is 24.2 Å². The van der Waals surface area contributed by atoms with Gasteiger partial charge in [0.05, 0.1) is 7.11 Å². The van der Waals surface area contributed by atoms with Gasteiger partial charge in [-0.3, -0.25) is 0 Å². The summed E-state index contributed by atoms with van der Waals surface area (Å²) in [5.74, 6) is -1.41. The Kier molecular flexibility index (Phi) is 2.53. The second-order valence-corrected chi connectivity index (χ2v) is 4.10. The van der Waals surface area contributed by atoms with Crippen molar-refractivity contribution in [2.24, 2.45) is 0 Å². The van der Waals surface area contributed by atoms with Gasteiger partial charge in [0.2, 0.25) is 5.60 Å². The maximum absolute atomic E-state index is 11.8. The standard InChI is InChI=1S/C12H12O5/c1-12(11(14)15)6-7-4-3-5-8(16-2)9(7)10(13)17-12/h3-5H,6H2,1-2H3,(H,14,15). The van der Waals surface area contributed by atoms with Crippen molar-refractivity contribution in [2.75, 3.05) is 7.11 Å². The van der Waals surface area contributed by atoms with E-state index < -0.39 is 17.5 Å². The van der Waals surface area contributed by atoms with Crippen LogP contribution in [0.3, 0.4) is 0 Å². The molecule has 0 saturated heterocycles. The van der Waals surface area contributed by atoms with Gasteiger partial charge in [0.15, 0.2) is 0 Å². The molecule has 0 aliphatic carbocycles. The molecule has 0 aromatic heterocycles. The smallest absolute Gasteiger partial charge is 0.348 e. The van der Waals surface area contributed by atoms with Crippen LogP contribution >= 0.6 is 0 Å². The third-order valence-corrected chi connectivity index (χ3v) is 2.83. The summed E-state index contributed by atoms with van der Waals surface area (Å²) in [6.07, 6.45) is 0.139. The molecule has 0 radical (unpaired) electrons. The van der Waals surface area contributed by atoms with E-state index in [0.717, 1.165) is 0 Å². The minimum Gasteiger partial charge on any atom is -0.496 e. The summed E-state index contributed by atoms with van der Waals surface area (Å²) in [4.78, 5) is 22.9. The lowest BCUT2D eigenvalue weighted by Crippen LogP contribution is -2.45. The number of carbonyl (C=O) groups excluding carboxylic acids is 1. The van der Waals surface area contributed by atoms with Gasteiger partial charge in [-0.05, 0) is 18.6 Å². The molecule has 1 aromatic rings. The molecule has 0 amide bonds. The number of carboxylic acid groups (broad SMARTS) is 1. The predicted molar refractivity (Wildman–Crippen MR) is 58.2 cm³/mol. The van der Waals surface area contributed by atoms with E-state index in [4.69, 9.17) is 14.6 Å². The summed E-state index contributed by atoms with van der Waals surface area (Å²) >= 11 is 0. The van der Waals surface area contributed by atoms with Gasteiger partial charge in [0.1, 0.15) is 11.3 Å².